The van der Waals surface area contributed by atoms with Gasteiger partial charge in [-0.25, -0.2) is 8.42 Å². The second kappa shape index (κ2) is 4.85. The highest BCUT2D eigenvalue weighted by molar-refractivity contribution is 7.90. The van der Waals surface area contributed by atoms with Gasteiger partial charge in [0.25, 0.3) is 0 Å². The summed E-state index contributed by atoms with van der Waals surface area (Å²) in [7, 11) is -3.38. The minimum atomic E-state index is -3.38. The monoisotopic (exact) mass is 299 g/mol. The molecule has 1 atom stereocenters. The van der Waals surface area contributed by atoms with E-state index in [1.54, 1.807) is 4.90 Å². The first-order valence-corrected chi connectivity index (χ1v) is 8.49. The number of hydrogen-bond donors (Lipinski definition) is 1. The minimum absolute atomic E-state index is 0.0901. The summed E-state index contributed by atoms with van der Waals surface area (Å²) in [5.41, 5.74) is 0.446. The SMILES string of the molecule is CS(=O)(=O)c1cn[nH]c1C1COCCN1C(=O)C1CC1. The molecule has 1 N–H and O–H groups in total. The molecule has 0 spiro atoms. The quantitative estimate of drug-likeness (QED) is 0.856. The standard InChI is InChI=1S/C12H17N3O4S/c1-20(17,18)10-6-13-14-11(10)9-7-19-5-4-15(9)12(16)8-2-3-8/h6,8-9H,2-5,7H2,1H3,(H,13,14). The maximum Gasteiger partial charge on any atom is 0.226 e. The summed E-state index contributed by atoms with van der Waals surface area (Å²) >= 11 is 0. The molecule has 2 heterocycles. The van der Waals surface area contributed by atoms with Gasteiger partial charge in [0.05, 0.1) is 31.1 Å². The van der Waals surface area contributed by atoms with Crippen molar-refractivity contribution in [2.45, 2.75) is 23.8 Å². The van der Waals surface area contributed by atoms with Crippen LogP contribution in [0.25, 0.3) is 0 Å². The predicted molar refractivity (Wildman–Crippen MR) is 69.7 cm³/mol. The zero-order chi connectivity index (χ0) is 14.3. The highest BCUT2D eigenvalue weighted by atomic mass is 32.2. The van der Waals surface area contributed by atoms with Gasteiger partial charge in [-0.05, 0) is 12.8 Å². The number of rotatable bonds is 3. The second-order valence-electron chi connectivity index (χ2n) is 5.32. The second-order valence-corrected chi connectivity index (χ2v) is 7.30. The summed E-state index contributed by atoms with van der Waals surface area (Å²) in [6.45, 7) is 1.27. The summed E-state index contributed by atoms with van der Waals surface area (Å²) < 4.78 is 29.0. The fourth-order valence-corrected chi connectivity index (χ4v) is 3.32. The molecule has 1 aliphatic carbocycles. The molecule has 110 valence electrons. The first kappa shape index (κ1) is 13.6. The molecular formula is C12H17N3O4S. The van der Waals surface area contributed by atoms with E-state index in [0.717, 1.165) is 19.1 Å². The molecule has 2 aliphatic rings. The number of nitrogens with zero attached hydrogens (tertiary/aromatic N) is 2. The summed E-state index contributed by atoms with van der Waals surface area (Å²) in [6.07, 6.45) is 4.27. The lowest BCUT2D eigenvalue weighted by molar-refractivity contribution is -0.141. The maximum absolute atomic E-state index is 12.3. The Morgan fingerprint density at radius 1 is 1.50 bits per heavy atom. The van der Waals surface area contributed by atoms with E-state index in [4.69, 9.17) is 4.74 Å². The van der Waals surface area contributed by atoms with Gasteiger partial charge in [0.15, 0.2) is 9.84 Å². The third-order valence-electron chi connectivity index (χ3n) is 3.70. The van der Waals surface area contributed by atoms with Crippen molar-refractivity contribution in [2.24, 2.45) is 5.92 Å². The number of aromatic nitrogens is 2. The predicted octanol–water partition coefficient (Wildman–Crippen LogP) is 0.123. The third kappa shape index (κ3) is 2.45. The number of hydrogen-bond acceptors (Lipinski definition) is 5. The van der Waals surface area contributed by atoms with Crippen molar-refractivity contribution >= 4 is 15.7 Å². The molecule has 3 rings (SSSR count). The van der Waals surface area contributed by atoms with Crippen molar-refractivity contribution in [3.63, 3.8) is 0 Å². The van der Waals surface area contributed by atoms with E-state index in [0.29, 0.717) is 25.5 Å². The average molecular weight is 299 g/mol. The summed E-state index contributed by atoms with van der Waals surface area (Å²) in [4.78, 5) is 14.2. The first-order valence-electron chi connectivity index (χ1n) is 6.60. The van der Waals surface area contributed by atoms with Crippen molar-refractivity contribution < 1.29 is 17.9 Å². The van der Waals surface area contributed by atoms with E-state index in [1.165, 1.54) is 6.20 Å². The van der Waals surface area contributed by atoms with Gasteiger partial charge in [-0.15, -0.1) is 0 Å². The van der Waals surface area contributed by atoms with Crippen LogP contribution in [0.1, 0.15) is 24.6 Å². The van der Waals surface area contributed by atoms with Gasteiger partial charge >= 0.3 is 0 Å². The normalized spacial score (nSPS) is 23.9. The van der Waals surface area contributed by atoms with Crippen LogP contribution in [0.3, 0.4) is 0 Å². The molecule has 8 heteroatoms. The Balaban J connectivity index is 1.94. The Kier molecular flexibility index (Phi) is 3.29. The number of carbonyl (C=O) groups excluding carboxylic acids is 1. The van der Waals surface area contributed by atoms with Crippen LogP contribution >= 0.6 is 0 Å². The van der Waals surface area contributed by atoms with Crippen LogP contribution in [-0.2, 0) is 19.4 Å². The Morgan fingerprint density at radius 2 is 2.25 bits per heavy atom. The topological polar surface area (TPSA) is 92.4 Å². The zero-order valence-corrected chi connectivity index (χ0v) is 12.0. The number of morpholine rings is 1. The van der Waals surface area contributed by atoms with Gasteiger partial charge in [0.2, 0.25) is 5.91 Å². The molecular weight excluding hydrogens is 282 g/mol. The molecule has 2 fully saturated rings. The molecule has 1 aliphatic heterocycles. The fraction of sp³-hybridized carbons (Fsp3) is 0.667. The zero-order valence-electron chi connectivity index (χ0n) is 11.2. The van der Waals surface area contributed by atoms with Crippen LogP contribution in [0.15, 0.2) is 11.1 Å². The van der Waals surface area contributed by atoms with Gasteiger partial charge in [-0.2, -0.15) is 5.10 Å². The van der Waals surface area contributed by atoms with Gasteiger partial charge < -0.3 is 9.64 Å². The van der Waals surface area contributed by atoms with Gasteiger partial charge in [-0.1, -0.05) is 0 Å². The molecule has 1 saturated carbocycles. The Labute approximate surface area is 117 Å². The van der Waals surface area contributed by atoms with E-state index in [2.05, 4.69) is 10.2 Å². The molecule has 1 saturated heterocycles. The van der Waals surface area contributed by atoms with Crippen molar-refractivity contribution in [3.05, 3.63) is 11.9 Å². The van der Waals surface area contributed by atoms with E-state index >= 15 is 0 Å². The average Bonchev–Trinajstić information content (AvgIpc) is 3.13. The molecule has 1 amide bonds. The molecule has 1 aromatic heterocycles. The van der Waals surface area contributed by atoms with Gasteiger partial charge in [0.1, 0.15) is 4.90 Å². The molecule has 1 unspecified atom stereocenters. The van der Waals surface area contributed by atoms with Crippen molar-refractivity contribution in [2.75, 3.05) is 26.0 Å². The van der Waals surface area contributed by atoms with Crippen LogP contribution in [-0.4, -0.2) is 55.4 Å². The van der Waals surface area contributed by atoms with Crippen LogP contribution in [0.2, 0.25) is 0 Å². The summed E-state index contributed by atoms with van der Waals surface area (Å²) in [5, 5.41) is 6.54. The lowest BCUT2D eigenvalue weighted by atomic mass is 10.1. The largest absolute Gasteiger partial charge is 0.377 e. The molecule has 1 aromatic rings. The molecule has 0 radical (unpaired) electrons. The third-order valence-corrected chi connectivity index (χ3v) is 4.83. The number of sulfone groups is 1. The van der Waals surface area contributed by atoms with Crippen LogP contribution in [0.4, 0.5) is 0 Å². The van der Waals surface area contributed by atoms with E-state index < -0.39 is 15.9 Å². The molecule has 0 bridgehead atoms. The number of amides is 1. The van der Waals surface area contributed by atoms with E-state index in [1.807, 2.05) is 0 Å². The van der Waals surface area contributed by atoms with Crippen LogP contribution in [0.5, 0.6) is 0 Å². The Morgan fingerprint density at radius 3 is 2.90 bits per heavy atom. The first-order chi connectivity index (χ1) is 9.48. The van der Waals surface area contributed by atoms with Crippen molar-refractivity contribution in [1.82, 2.24) is 15.1 Å². The number of carbonyl (C=O) groups is 1. The number of aromatic amines is 1. The number of ether oxygens (including phenoxy) is 1. The lowest BCUT2D eigenvalue weighted by Crippen LogP contribution is -2.44. The van der Waals surface area contributed by atoms with Gasteiger partial charge in [-0.3, -0.25) is 9.89 Å². The lowest BCUT2D eigenvalue weighted by Gasteiger charge is -2.35. The Bertz CT molecular complexity index is 620. The van der Waals surface area contributed by atoms with E-state index in [9.17, 15) is 13.2 Å². The Hall–Kier alpha value is -1.41. The van der Waals surface area contributed by atoms with Crippen molar-refractivity contribution in [3.8, 4) is 0 Å². The summed E-state index contributed by atoms with van der Waals surface area (Å²) in [5.74, 6) is 0.188. The maximum atomic E-state index is 12.3. The molecule has 0 aromatic carbocycles. The van der Waals surface area contributed by atoms with Gasteiger partial charge in [0, 0.05) is 18.7 Å². The number of H-pyrrole nitrogens is 1. The van der Waals surface area contributed by atoms with Crippen molar-refractivity contribution in [1.29, 1.82) is 0 Å². The molecule has 7 nitrogen and oxygen atoms in total. The minimum Gasteiger partial charge on any atom is -0.377 e. The van der Waals surface area contributed by atoms with Crippen LogP contribution < -0.4 is 0 Å². The molecule has 20 heavy (non-hydrogen) atoms. The smallest absolute Gasteiger partial charge is 0.226 e. The summed E-state index contributed by atoms with van der Waals surface area (Å²) in [6, 6.07) is -0.399. The van der Waals surface area contributed by atoms with Crippen LogP contribution in [0, 0.1) is 5.92 Å². The highest BCUT2D eigenvalue weighted by Crippen LogP contribution is 2.35. The van der Waals surface area contributed by atoms with E-state index in [-0.39, 0.29) is 16.7 Å². The highest BCUT2D eigenvalue weighted by Gasteiger charge is 2.39. The number of nitrogens with one attached hydrogen (secondary N) is 1. The fourth-order valence-electron chi connectivity index (χ4n) is 2.49.